The lowest BCUT2D eigenvalue weighted by molar-refractivity contribution is 0.144. The van der Waals surface area contributed by atoms with Crippen LogP contribution in [-0.4, -0.2) is 58.1 Å². The Bertz CT molecular complexity index is 314. The number of aromatic nitrogens is 2. The smallest absolute Gasteiger partial charge is 0.321 e. The number of hydrogen-bond donors (Lipinski definition) is 0. The van der Waals surface area contributed by atoms with Gasteiger partial charge in [-0.25, -0.2) is 9.78 Å². The van der Waals surface area contributed by atoms with E-state index in [0.717, 1.165) is 32.7 Å². The summed E-state index contributed by atoms with van der Waals surface area (Å²) in [4.78, 5) is 20.0. The maximum Gasteiger partial charge on any atom is 0.329 e. The van der Waals surface area contributed by atoms with E-state index < -0.39 is 0 Å². The second kappa shape index (κ2) is 4.44. The predicted octanol–water partition coefficient (Wildman–Crippen LogP) is 0.489. The lowest BCUT2D eigenvalue weighted by Crippen LogP contribution is -2.49. The fourth-order valence-electron chi connectivity index (χ4n) is 1.79. The molecule has 0 radical (unpaired) electrons. The van der Waals surface area contributed by atoms with Crippen LogP contribution in [-0.2, 0) is 0 Å². The van der Waals surface area contributed by atoms with Gasteiger partial charge in [-0.2, -0.15) is 0 Å². The summed E-state index contributed by atoms with van der Waals surface area (Å²) < 4.78 is 1.53. The van der Waals surface area contributed by atoms with Crippen LogP contribution >= 0.6 is 0 Å². The highest BCUT2D eigenvalue weighted by Gasteiger charge is 2.20. The van der Waals surface area contributed by atoms with Crippen molar-refractivity contribution in [3.63, 3.8) is 0 Å². The van der Waals surface area contributed by atoms with Crippen molar-refractivity contribution in [1.82, 2.24) is 19.4 Å². The van der Waals surface area contributed by atoms with Crippen molar-refractivity contribution in [1.29, 1.82) is 0 Å². The largest absolute Gasteiger partial charge is 0.329 e. The van der Waals surface area contributed by atoms with E-state index >= 15 is 0 Å². The number of rotatable bonds is 1. The Hall–Kier alpha value is -1.36. The van der Waals surface area contributed by atoms with Crippen molar-refractivity contribution in [2.24, 2.45) is 0 Å². The van der Waals surface area contributed by atoms with Crippen molar-refractivity contribution < 1.29 is 4.79 Å². The summed E-state index contributed by atoms with van der Waals surface area (Å²) >= 11 is 0. The Morgan fingerprint density at radius 2 is 2.07 bits per heavy atom. The number of carbonyl (C=O) groups excluding carboxylic acids is 1. The van der Waals surface area contributed by atoms with Crippen molar-refractivity contribution in [2.75, 3.05) is 32.7 Å². The van der Waals surface area contributed by atoms with Crippen molar-refractivity contribution in [2.45, 2.75) is 6.92 Å². The fourth-order valence-corrected chi connectivity index (χ4v) is 1.79. The summed E-state index contributed by atoms with van der Waals surface area (Å²) in [6.07, 6.45) is 4.86. The van der Waals surface area contributed by atoms with E-state index in [2.05, 4.69) is 16.8 Å². The van der Waals surface area contributed by atoms with Gasteiger partial charge >= 0.3 is 6.03 Å². The zero-order valence-corrected chi connectivity index (χ0v) is 8.96. The van der Waals surface area contributed by atoms with Crippen molar-refractivity contribution in [3.8, 4) is 0 Å². The second-order valence-corrected chi connectivity index (χ2v) is 3.67. The minimum atomic E-state index is 0.0308. The molecule has 0 saturated carbocycles. The van der Waals surface area contributed by atoms with Crippen LogP contribution in [0.5, 0.6) is 0 Å². The lowest BCUT2D eigenvalue weighted by atomic mass is 10.3. The van der Waals surface area contributed by atoms with E-state index in [-0.39, 0.29) is 6.03 Å². The molecule has 1 fully saturated rings. The molecule has 0 atom stereocenters. The number of piperazine rings is 1. The van der Waals surface area contributed by atoms with E-state index in [1.54, 1.807) is 18.7 Å². The molecule has 1 aliphatic heterocycles. The third-order valence-electron chi connectivity index (χ3n) is 2.82. The van der Waals surface area contributed by atoms with Gasteiger partial charge in [0.2, 0.25) is 0 Å². The van der Waals surface area contributed by atoms with Crippen LogP contribution in [0, 0.1) is 0 Å². The van der Waals surface area contributed by atoms with E-state index in [4.69, 9.17) is 0 Å². The number of imidazole rings is 1. The summed E-state index contributed by atoms with van der Waals surface area (Å²) in [5.74, 6) is 0. The van der Waals surface area contributed by atoms with Crippen LogP contribution in [0.1, 0.15) is 6.92 Å². The molecule has 2 rings (SSSR count). The van der Waals surface area contributed by atoms with Crippen LogP contribution in [0.3, 0.4) is 0 Å². The normalized spacial score (nSPS) is 18.1. The van der Waals surface area contributed by atoms with Gasteiger partial charge in [0.1, 0.15) is 6.33 Å². The van der Waals surface area contributed by atoms with Gasteiger partial charge in [0.05, 0.1) is 0 Å². The third-order valence-corrected chi connectivity index (χ3v) is 2.82. The Morgan fingerprint density at radius 3 is 2.60 bits per heavy atom. The highest BCUT2D eigenvalue weighted by molar-refractivity contribution is 5.76. The average Bonchev–Trinajstić information content (AvgIpc) is 2.82. The molecule has 82 valence electrons. The molecule has 1 aromatic rings. The van der Waals surface area contributed by atoms with Gasteiger partial charge in [-0.3, -0.25) is 4.57 Å². The molecule has 0 N–H and O–H groups in total. The number of carbonyl (C=O) groups is 1. The summed E-state index contributed by atoms with van der Waals surface area (Å²) in [7, 11) is 0. The first-order chi connectivity index (χ1) is 7.31. The van der Waals surface area contributed by atoms with Crippen molar-refractivity contribution >= 4 is 6.03 Å². The van der Waals surface area contributed by atoms with Gasteiger partial charge in [-0.1, -0.05) is 6.92 Å². The molecule has 0 aliphatic carbocycles. The van der Waals surface area contributed by atoms with E-state index in [1.165, 1.54) is 4.57 Å². The molecular weight excluding hydrogens is 192 g/mol. The molecular formula is C10H16N4O. The first kappa shape index (κ1) is 10.2. The van der Waals surface area contributed by atoms with Gasteiger partial charge in [0, 0.05) is 38.6 Å². The molecule has 0 spiro atoms. The van der Waals surface area contributed by atoms with E-state index in [9.17, 15) is 4.79 Å². The highest BCUT2D eigenvalue weighted by atomic mass is 16.2. The molecule has 1 aromatic heterocycles. The third kappa shape index (κ3) is 2.18. The molecule has 1 aliphatic rings. The zero-order chi connectivity index (χ0) is 10.7. The number of amides is 1. The Kier molecular flexibility index (Phi) is 3.01. The SMILES string of the molecule is CCN1CCN(C(=O)n2ccnc2)CC1. The molecule has 1 amide bonds. The summed E-state index contributed by atoms with van der Waals surface area (Å²) in [5.41, 5.74) is 0. The summed E-state index contributed by atoms with van der Waals surface area (Å²) in [5, 5.41) is 0. The predicted molar refractivity (Wildman–Crippen MR) is 56.7 cm³/mol. The van der Waals surface area contributed by atoms with E-state index in [0.29, 0.717) is 0 Å². The first-order valence-corrected chi connectivity index (χ1v) is 5.31. The molecule has 5 heteroatoms. The molecule has 15 heavy (non-hydrogen) atoms. The van der Waals surface area contributed by atoms with Gasteiger partial charge < -0.3 is 9.80 Å². The Balaban J connectivity index is 1.93. The Labute approximate surface area is 89.3 Å². The maximum atomic E-state index is 11.9. The first-order valence-electron chi connectivity index (χ1n) is 5.31. The van der Waals surface area contributed by atoms with Crippen LogP contribution in [0.15, 0.2) is 18.7 Å². The topological polar surface area (TPSA) is 41.4 Å². The number of likely N-dealkylation sites (N-methyl/N-ethyl adjacent to an activating group) is 1. The second-order valence-electron chi connectivity index (χ2n) is 3.67. The van der Waals surface area contributed by atoms with Crippen LogP contribution < -0.4 is 0 Å². The van der Waals surface area contributed by atoms with Crippen LogP contribution in [0.25, 0.3) is 0 Å². The zero-order valence-electron chi connectivity index (χ0n) is 8.96. The minimum absolute atomic E-state index is 0.0308. The highest BCUT2D eigenvalue weighted by Crippen LogP contribution is 2.03. The van der Waals surface area contributed by atoms with Gasteiger partial charge in [-0.05, 0) is 6.54 Å². The molecule has 0 unspecified atom stereocenters. The van der Waals surface area contributed by atoms with E-state index in [1.807, 2.05) is 4.90 Å². The molecule has 2 heterocycles. The summed E-state index contributed by atoms with van der Waals surface area (Å²) in [6.45, 7) is 6.77. The minimum Gasteiger partial charge on any atom is -0.321 e. The monoisotopic (exact) mass is 208 g/mol. The summed E-state index contributed by atoms with van der Waals surface area (Å²) in [6, 6.07) is 0.0308. The lowest BCUT2D eigenvalue weighted by Gasteiger charge is -2.33. The average molecular weight is 208 g/mol. The standard InChI is InChI=1S/C10H16N4O/c1-2-12-5-7-13(8-6-12)10(15)14-4-3-11-9-14/h3-4,9H,2,5-8H2,1H3. The molecule has 0 aromatic carbocycles. The van der Waals surface area contributed by atoms with Gasteiger partial charge in [-0.15, -0.1) is 0 Å². The quantitative estimate of drug-likeness (QED) is 0.674. The number of nitrogens with zero attached hydrogens (tertiary/aromatic N) is 4. The fraction of sp³-hybridized carbons (Fsp3) is 0.600. The van der Waals surface area contributed by atoms with Crippen LogP contribution in [0.2, 0.25) is 0 Å². The van der Waals surface area contributed by atoms with Gasteiger partial charge in [0.15, 0.2) is 0 Å². The number of hydrogen-bond acceptors (Lipinski definition) is 3. The van der Waals surface area contributed by atoms with Crippen LogP contribution in [0.4, 0.5) is 4.79 Å². The van der Waals surface area contributed by atoms with Gasteiger partial charge in [0.25, 0.3) is 0 Å². The Morgan fingerprint density at radius 1 is 1.33 bits per heavy atom. The maximum absolute atomic E-state index is 11.9. The molecule has 5 nitrogen and oxygen atoms in total. The molecule has 0 bridgehead atoms. The van der Waals surface area contributed by atoms with Crippen molar-refractivity contribution in [3.05, 3.63) is 18.7 Å². The molecule has 1 saturated heterocycles.